The highest BCUT2D eigenvalue weighted by Gasteiger charge is 2.01. The Morgan fingerprint density at radius 3 is 1.81 bits per heavy atom. The third kappa shape index (κ3) is 3.23. The summed E-state index contributed by atoms with van der Waals surface area (Å²) < 4.78 is 0. The lowest BCUT2D eigenvalue weighted by atomic mass is 10.7. The van der Waals surface area contributed by atoms with Crippen molar-refractivity contribution < 1.29 is 0 Å². The average molecular weight is 222 g/mol. The van der Waals surface area contributed by atoms with Gasteiger partial charge in [0.1, 0.15) is 0 Å². The lowest BCUT2D eigenvalue weighted by Crippen LogP contribution is -2.30. The molecule has 2 rings (SSSR count). The monoisotopic (exact) mass is 222 g/mol. The zero-order chi connectivity index (χ0) is 11.1. The van der Waals surface area contributed by atoms with Crippen LogP contribution in [0, 0.1) is 0 Å². The standard InChI is InChI=1S/C8H14N8/c1-2-10-7(9-1)15-13-5-6-14-16-8-11-3-4-12-8/h5-6H,1-4H2,(H2,9,10,15)(H2,11,12,16)/b13-5+,14-6+. The van der Waals surface area contributed by atoms with Gasteiger partial charge in [-0.1, -0.05) is 0 Å². The second kappa shape index (κ2) is 5.69. The van der Waals surface area contributed by atoms with Crippen molar-refractivity contribution in [2.24, 2.45) is 20.2 Å². The number of nitrogens with one attached hydrogen (secondary N) is 4. The van der Waals surface area contributed by atoms with Crippen LogP contribution in [-0.2, 0) is 0 Å². The summed E-state index contributed by atoms with van der Waals surface area (Å²) in [5.41, 5.74) is 5.51. The highest BCUT2D eigenvalue weighted by Crippen LogP contribution is 1.80. The molecule has 8 nitrogen and oxygen atoms in total. The summed E-state index contributed by atoms with van der Waals surface area (Å²) >= 11 is 0. The summed E-state index contributed by atoms with van der Waals surface area (Å²) in [5, 5.41) is 13.9. The number of hydrogen-bond acceptors (Lipinski definition) is 8. The maximum absolute atomic E-state index is 4.11. The Labute approximate surface area is 93.0 Å². The van der Waals surface area contributed by atoms with Gasteiger partial charge in [-0.25, -0.2) is 20.8 Å². The van der Waals surface area contributed by atoms with Crippen molar-refractivity contribution in [3.05, 3.63) is 0 Å². The summed E-state index contributed by atoms with van der Waals surface area (Å²) in [4.78, 5) is 8.22. The number of rotatable bonds is 3. The zero-order valence-corrected chi connectivity index (χ0v) is 8.77. The number of aliphatic imine (C=N–C) groups is 2. The van der Waals surface area contributed by atoms with Gasteiger partial charge < -0.3 is 10.6 Å². The third-order valence-electron chi connectivity index (χ3n) is 1.90. The maximum Gasteiger partial charge on any atom is 0.212 e. The Morgan fingerprint density at radius 1 is 0.938 bits per heavy atom. The second-order valence-corrected chi connectivity index (χ2v) is 3.09. The van der Waals surface area contributed by atoms with Gasteiger partial charge in [-0.2, -0.15) is 10.2 Å². The van der Waals surface area contributed by atoms with Gasteiger partial charge in [0.05, 0.1) is 25.5 Å². The first kappa shape index (κ1) is 10.4. The van der Waals surface area contributed by atoms with Crippen LogP contribution >= 0.6 is 0 Å². The molecule has 0 aromatic heterocycles. The molecule has 0 spiro atoms. The van der Waals surface area contributed by atoms with E-state index in [9.17, 15) is 0 Å². The van der Waals surface area contributed by atoms with Crippen LogP contribution < -0.4 is 21.5 Å². The van der Waals surface area contributed by atoms with Crippen LogP contribution in [0.2, 0.25) is 0 Å². The fraction of sp³-hybridized carbons (Fsp3) is 0.500. The van der Waals surface area contributed by atoms with Crippen LogP contribution in [0.1, 0.15) is 0 Å². The van der Waals surface area contributed by atoms with Crippen LogP contribution in [0.4, 0.5) is 0 Å². The first-order valence-corrected chi connectivity index (χ1v) is 5.08. The molecule has 0 bridgehead atoms. The van der Waals surface area contributed by atoms with E-state index in [-0.39, 0.29) is 0 Å². The highest BCUT2D eigenvalue weighted by atomic mass is 15.4. The summed E-state index contributed by atoms with van der Waals surface area (Å²) in [6, 6.07) is 0. The van der Waals surface area contributed by atoms with Crippen LogP contribution in [0.5, 0.6) is 0 Å². The fourth-order valence-electron chi connectivity index (χ4n) is 1.21. The van der Waals surface area contributed by atoms with E-state index in [0.29, 0.717) is 11.9 Å². The van der Waals surface area contributed by atoms with E-state index in [1.165, 1.54) is 12.4 Å². The lowest BCUT2D eigenvalue weighted by Gasteiger charge is -1.98. The van der Waals surface area contributed by atoms with Gasteiger partial charge in [0.2, 0.25) is 11.9 Å². The van der Waals surface area contributed by atoms with Crippen molar-refractivity contribution in [1.29, 1.82) is 0 Å². The molecule has 0 unspecified atom stereocenters. The number of hydrogen-bond donors (Lipinski definition) is 4. The molecule has 0 aromatic carbocycles. The Hall–Kier alpha value is -2.12. The predicted octanol–water partition coefficient (Wildman–Crippen LogP) is -1.94. The first-order valence-electron chi connectivity index (χ1n) is 5.08. The molecule has 8 heteroatoms. The minimum absolute atomic E-state index is 0.694. The van der Waals surface area contributed by atoms with Crippen molar-refractivity contribution in [3.8, 4) is 0 Å². The molecule has 0 fully saturated rings. The molecule has 0 aliphatic carbocycles. The largest absolute Gasteiger partial charge is 0.353 e. The minimum Gasteiger partial charge on any atom is -0.353 e. The summed E-state index contributed by atoms with van der Waals surface area (Å²) in [5.74, 6) is 1.39. The predicted molar refractivity (Wildman–Crippen MR) is 63.9 cm³/mol. The molecule has 16 heavy (non-hydrogen) atoms. The molecule has 0 atom stereocenters. The molecule has 2 aliphatic heterocycles. The zero-order valence-electron chi connectivity index (χ0n) is 8.77. The normalized spacial score (nSPS) is 19.5. The van der Waals surface area contributed by atoms with Gasteiger partial charge in [0.15, 0.2) is 0 Å². The van der Waals surface area contributed by atoms with Crippen LogP contribution in [-0.4, -0.2) is 50.5 Å². The van der Waals surface area contributed by atoms with E-state index in [1.807, 2.05) is 0 Å². The van der Waals surface area contributed by atoms with E-state index in [2.05, 4.69) is 41.7 Å². The average Bonchev–Trinajstić information content (AvgIpc) is 2.96. The number of nitrogens with zero attached hydrogens (tertiary/aromatic N) is 4. The molecule has 4 N–H and O–H groups in total. The highest BCUT2D eigenvalue weighted by molar-refractivity contribution is 6.16. The van der Waals surface area contributed by atoms with E-state index < -0.39 is 0 Å². The minimum atomic E-state index is 0.694. The molecule has 0 saturated carbocycles. The molecule has 0 radical (unpaired) electrons. The molecule has 2 heterocycles. The van der Waals surface area contributed by atoms with Gasteiger partial charge in [0, 0.05) is 13.1 Å². The Kier molecular flexibility index (Phi) is 3.70. The van der Waals surface area contributed by atoms with Crippen molar-refractivity contribution in [3.63, 3.8) is 0 Å². The Balaban J connectivity index is 1.62. The van der Waals surface area contributed by atoms with E-state index in [1.54, 1.807) is 0 Å². The third-order valence-corrected chi connectivity index (χ3v) is 1.90. The molecular formula is C8H14N8. The number of hydrazone groups is 2. The van der Waals surface area contributed by atoms with Crippen molar-refractivity contribution in [2.75, 3.05) is 26.2 Å². The second-order valence-electron chi connectivity index (χ2n) is 3.09. The molecule has 0 amide bonds. The summed E-state index contributed by atoms with van der Waals surface area (Å²) in [7, 11) is 0. The van der Waals surface area contributed by atoms with Gasteiger partial charge in [-0.3, -0.25) is 0 Å². The van der Waals surface area contributed by atoms with Gasteiger partial charge >= 0.3 is 0 Å². The maximum atomic E-state index is 4.11. The van der Waals surface area contributed by atoms with Crippen molar-refractivity contribution in [2.45, 2.75) is 0 Å². The molecule has 86 valence electrons. The molecule has 0 aromatic rings. The molecule has 2 aliphatic rings. The molecular weight excluding hydrogens is 208 g/mol. The van der Waals surface area contributed by atoms with Crippen LogP contribution in [0.15, 0.2) is 20.2 Å². The number of guanidine groups is 2. The molecule has 0 saturated heterocycles. The first-order chi connectivity index (χ1) is 7.95. The van der Waals surface area contributed by atoms with E-state index >= 15 is 0 Å². The lowest BCUT2D eigenvalue weighted by molar-refractivity contribution is 0.917. The van der Waals surface area contributed by atoms with Crippen molar-refractivity contribution in [1.82, 2.24) is 21.5 Å². The van der Waals surface area contributed by atoms with Gasteiger partial charge in [-0.05, 0) is 0 Å². The summed E-state index contributed by atoms with van der Waals surface area (Å²) in [6.45, 7) is 3.30. The quantitative estimate of drug-likeness (QED) is 0.330. The fourth-order valence-corrected chi connectivity index (χ4v) is 1.21. The SMILES string of the molecule is C(/C=N/NC1=NCCN1)=N\NC1=NCCN1. The van der Waals surface area contributed by atoms with Crippen LogP contribution in [0.3, 0.4) is 0 Å². The van der Waals surface area contributed by atoms with Crippen molar-refractivity contribution >= 4 is 24.3 Å². The van der Waals surface area contributed by atoms with Gasteiger partial charge in [-0.15, -0.1) is 0 Å². The smallest absolute Gasteiger partial charge is 0.212 e. The Morgan fingerprint density at radius 2 is 1.44 bits per heavy atom. The summed E-state index contributed by atoms with van der Waals surface area (Å²) in [6.07, 6.45) is 3.07. The van der Waals surface area contributed by atoms with E-state index in [0.717, 1.165) is 26.2 Å². The Bertz CT molecular complexity index is 308. The van der Waals surface area contributed by atoms with Gasteiger partial charge in [0.25, 0.3) is 0 Å². The van der Waals surface area contributed by atoms with Crippen LogP contribution in [0.25, 0.3) is 0 Å². The van der Waals surface area contributed by atoms with E-state index in [4.69, 9.17) is 0 Å². The topological polar surface area (TPSA) is 97.6 Å².